The van der Waals surface area contributed by atoms with E-state index in [1.807, 2.05) is 50.2 Å². The summed E-state index contributed by atoms with van der Waals surface area (Å²) in [4.78, 5) is 15.3. The minimum Gasteiger partial charge on any atom is -0.497 e. The molecule has 1 aromatic heterocycles. The molecule has 1 unspecified atom stereocenters. The summed E-state index contributed by atoms with van der Waals surface area (Å²) in [6.45, 7) is 4.83. The quantitative estimate of drug-likeness (QED) is 0.558. The van der Waals surface area contributed by atoms with E-state index >= 15 is 0 Å². The Bertz CT molecular complexity index is 1010. The molecule has 148 valence electrons. The SMILES string of the molecule is COc1cccc(OCC(O)CNCc2cc3c(C)ccc(C)c3[nH]c2=O)c1. The van der Waals surface area contributed by atoms with E-state index in [0.717, 1.165) is 22.0 Å². The fourth-order valence-electron chi connectivity index (χ4n) is 3.07. The van der Waals surface area contributed by atoms with Crippen LogP contribution in [0.15, 0.2) is 47.3 Å². The van der Waals surface area contributed by atoms with E-state index in [0.29, 0.717) is 30.2 Å². The molecule has 0 saturated carbocycles. The maximum atomic E-state index is 12.3. The Balaban J connectivity index is 1.56. The molecule has 28 heavy (non-hydrogen) atoms. The average molecular weight is 382 g/mol. The molecule has 0 radical (unpaired) electrons. The number of nitrogens with one attached hydrogen (secondary N) is 2. The molecule has 1 heterocycles. The first-order valence-corrected chi connectivity index (χ1v) is 9.25. The molecule has 0 fully saturated rings. The number of aryl methyl sites for hydroxylation is 2. The monoisotopic (exact) mass is 382 g/mol. The summed E-state index contributed by atoms with van der Waals surface area (Å²) in [5.41, 5.74) is 3.56. The van der Waals surface area contributed by atoms with Gasteiger partial charge in [0, 0.05) is 30.1 Å². The molecular formula is C22H26N2O4. The zero-order valence-corrected chi connectivity index (χ0v) is 16.4. The maximum Gasteiger partial charge on any atom is 0.252 e. The second-order valence-corrected chi connectivity index (χ2v) is 6.89. The van der Waals surface area contributed by atoms with Crippen LogP contribution in [0, 0.1) is 13.8 Å². The van der Waals surface area contributed by atoms with Gasteiger partial charge in [0.2, 0.25) is 0 Å². The first kappa shape index (κ1) is 19.9. The predicted molar refractivity (Wildman–Crippen MR) is 110 cm³/mol. The number of aliphatic hydroxyl groups excluding tert-OH is 1. The Morgan fingerprint density at radius 1 is 1.11 bits per heavy atom. The van der Waals surface area contributed by atoms with Crippen LogP contribution in [-0.4, -0.2) is 36.5 Å². The van der Waals surface area contributed by atoms with Crippen LogP contribution in [0.5, 0.6) is 11.5 Å². The zero-order chi connectivity index (χ0) is 20.1. The largest absolute Gasteiger partial charge is 0.497 e. The molecule has 0 aliphatic rings. The Morgan fingerprint density at radius 2 is 1.86 bits per heavy atom. The topological polar surface area (TPSA) is 83.6 Å². The van der Waals surface area contributed by atoms with Crippen molar-refractivity contribution in [1.82, 2.24) is 10.3 Å². The first-order valence-electron chi connectivity index (χ1n) is 9.25. The average Bonchev–Trinajstić information content (AvgIpc) is 2.70. The number of hydrogen-bond acceptors (Lipinski definition) is 5. The summed E-state index contributed by atoms with van der Waals surface area (Å²) in [5.74, 6) is 1.33. The van der Waals surface area contributed by atoms with Gasteiger partial charge in [-0.05, 0) is 43.2 Å². The van der Waals surface area contributed by atoms with Gasteiger partial charge in [0.05, 0.1) is 12.6 Å². The molecule has 0 spiro atoms. The molecule has 0 bridgehead atoms. The van der Waals surface area contributed by atoms with Crippen molar-refractivity contribution in [3.05, 3.63) is 69.5 Å². The summed E-state index contributed by atoms with van der Waals surface area (Å²) in [6, 6.07) is 13.2. The van der Waals surface area contributed by atoms with Gasteiger partial charge >= 0.3 is 0 Å². The lowest BCUT2D eigenvalue weighted by Crippen LogP contribution is -2.32. The van der Waals surface area contributed by atoms with Crippen molar-refractivity contribution in [2.24, 2.45) is 0 Å². The highest BCUT2D eigenvalue weighted by molar-refractivity contribution is 5.85. The number of pyridine rings is 1. The van der Waals surface area contributed by atoms with Gasteiger partial charge in [-0.1, -0.05) is 18.2 Å². The molecule has 0 amide bonds. The fraction of sp³-hybridized carbons (Fsp3) is 0.318. The molecule has 6 heteroatoms. The van der Waals surface area contributed by atoms with E-state index in [9.17, 15) is 9.90 Å². The van der Waals surface area contributed by atoms with Crippen LogP contribution in [0.3, 0.4) is 0 Å². The van der Waals surface area contributed by atoms with Crippen molar-refractivity contribution in [1.29, 1.82) is 0 Å². The minimum atomic E-state index is -0.699. The maximum absolute atomic E-state index is 12.3. The lowest BCUT2D eigenvalue weighted by atomic mass is 10.0. The lowest BCUT2D eigenvalue weighted by molar-refractivity contribution is 0.106. The van der Waals surface area contributed by atoms with Gasteiger partial charge in [0.25, 0.3) is 5.56 Å². The van der Waals surface area contributed by atoms with Gasteiger partial charge in [0.1, 0.15) is 24.2 Å². The Hall–Kier alpha value is -2.83. The smallest absolute Gasteiger partial charge is 0.252 e. The minimum absolute atomic E-state index is 0.115. The van der Waals surface area contributed by atoms with Gasteiger partial charge in [-0.3, -0.25) is 4.79 Å². The molecule has 0 saturated heterocycles. The number of fused-ring (bicyclic) bond motifs is 1. The van der Waals surface area contributed by atoms with Crippen LogP contribution < -0.4 is 20.3 Å². The number of benzene rings is 2. The summed E-state index contributed by atoms with van der Waals surface area (Å²) < 4.78 is 10.7. The highest BCUT2D eigenvalue weighted by atomic mass is 16.5. The van der Waals surface area contributed by atoms with Gasteiger partial charge in [0.15, 0.2) is 0 Å². The summed E-state index contributed by atoms with van der Waals surface area (Å²) in [6.07, 6.45) is -0.699. The molecule has 2 aromatic carbocycles. The molecule has 3 rings (SSSR count). The number of rotatable bonds is 8. The molecule has 6 nitrogen and oxygen atoms in total. The van der Waals surface area contributed by atoms with Crippen LogP contribution in [0.1, 0.15) is 16.7 Å². The van der Waals surface area contributed by atoms with Crippen LogP contribution in [0.25, 0.3) is 10.9 Å². The van der Waals surface area contributed by atoms with E-state index in [2.05, 4.69) is 10.3 Å². The highest BCUT2D eigenvalue weighted by Gasteiger charge is 2.09. The number of aromatic amines is 1. The third-order valence-corrected chi connectivity index (χ3v) is 4.70. The van der Waals surface area contributed by atoms with Crippen molar-refractivity contribution < 1.29 is 14.6 Å². The van der Waals surface area contributed by atoms with Crippen LogP contribution in [-0.2, 0) is 6.54 Å². The van der Waals surface area contributed by atoms with E-state index < -0.39 is 6.10 Å². The lowest BCUT2D eigenvalue weighted by Gasteiger charge is -2.14. The normalized spacial score (nSPS) is 12.1. The van der Waals surface area contributed by atoms with Gasteiger partial charge < -0.3 is 24.9 Å². The molecule has 1 atom stereocenters. The fourth-order valence-corrected chi connectivity index (χ4v) is 3.07. The van der Waals surface area contributed by atoms with Gasteiger partial charge in [-0.25, -0.2) is 0 Å². The third-order valence-electron chi connectivity index (χ3n) is 4.70. The van der Waals surface area contributed by atoms with Crippen molar-refractivity contribution >= 4 is 10.9 Å². The van der Waals surface area contributed by atoms with Crippen molar-refractivity contribution in [2.75, 3.05) is 20.3 Å². The van der Waals surface area contributed by atoms with Crippen LogP contribution in [0.2, 0.25) is 0 Å². The highest BCUT2D eigenvalue weighted by Crippen LogP contribution is 2.20. The van der Waals surface area contributed by atoms with Gasteiger partial charge in [-0.15, -0.1) is 0 Å². The second-order valence-electron chi connectivity index (χ2n) is 6.89. The standard InChI is InChI=1S/C22H26N2O4/c1-14-7-8-15(2)21-20(14)9-16(22(26)24-21)11-23-12-17(25)13-28-19-6-4-5-18(10-19)27-3/h4-10,17,23,25H,11-13H2,1-3H3,(H,24,26). The Morgan fingerprint density at radius 3 is 2.64 bits per heavy atom. The molecule has 3 aromatic rings. The Labute approximate surface area is 164 Å². The van der Waals surface area contributed by atoms with E-state index in [-0.39, 0.29) is 12.2 Å². The molecule has 0 aliphatic heterocycles. The summed E-state index contributed by atoms with van der Waals surface area (Å²) in [5, 5.41) is 14.3. The van der Waals surface area contributed by atoms with Crippen molar-refractivity contribution in [2.45, 2.75) is 26.5 Å². The number of ether oxygens (including phenoxy) is 2. The summed E-state index contributed by atoms with van der Waals surface area (Å²) >= 11 is 0. The number of H-pyrrole nitrogens is 1. The predicted octanol–water partition coefficient (Wildman–Crippen LogP) is 2.68. The third kappa shape index (κ3) is 4.71. The second kappa shape index (κ2) is 8.91. The zero-order valence-electron chi connectivity index (χ0n) is 16.4. The van der Waals surface area contributed by atoms with Crippen molar-refractivity contribution in [3.63, 3.8) is 0 Å². The number of aliphatic hydroxyl groups is 1. The van der Waals surface area contributed by atoms with E-state index in [1.165, 1.54) is 0 Å². The van der Waals surface area contributed by atoms with E-state index in [1.54, 1.807) is 13.2 Å². The Kier molecular flexibility index (Phi) is 6.34. The van der Waals surface area contributed by atoms with Gasteiger partial charge in [-0.2, -0.15) is 0 Å². The first-order chi connectivity index (χ1) is 13.5. The molecule has 3 N–H and O–H groups in total. The number of hydrogen-bond donors (Lipinski definition) is 3. The number of aromatic nitrogens is 1. The van der Waals surface area contributed by atoms with E-state index in [4.69, 9.17) is 9.47 Å². The number of methoxy groups -OCH3 is 1. The summed E-state index contributed by atoms with van der Waals surface area (Å²) in [7, 11) is 1.59. The van der Waals surface area contributed by atoms with Crippen LogP contribution in [0.4, 0.5) is 0 Å². The van der Waals surface area contributed by atoms with Crippen molar-refractivity contribution in [3.8, 4) is 11.5 Å². The molecular weight excluding hydrogens is 356 g/mol. The molecule has 0 aliphatic carbocycles. The van der Waals surface area contributed by atoms with Crippen LogP contribution >= 0.6 is 0 Å².